The van der Waals surface area contributed by atoms with Gasteiger partial charge in [0.15, 0.2) is 0 Å². The zero-order valence-electron chi connectivity index (χ0n) is 5.62. The lowest BCUT2D eigenvalue weighted by Crippen LogP contribution is -2.56. The zero-order valence-corrected chi connectivity index (χ0v) is 5.62. The zero-order chi connectivity index (χ0) is 8.43. The number of rotatable bonds is 0. The fourth-order valence-electron chi connectivity index (χ4n) is 0.550. The van der Waals surface area contributed by atoms with Crippen LogP contribution in [0.15, 0.2) is 0 Å². The second kappa shape index (κ2) is 3.37. The molecule has 0 aliphatic carbocycles. The van der Waals surface area contributed by atoms with Crippen molar-refractivity contribution < 1.29 is 24.6 Å². The number of barbiturate groups is 1. The van der Waals surface area contributed by atoms with E-state index in [4.69, 9.17) is 5.53 Å². The fourth-order valence-corrected chi connectivity index (χ4v) is 0.550. The number of hydrogen-bond acceptors (Lipinski definition) is 3. The second-order valence-electron chi connectivity index (χ2n) is 1.69. The summed E-state index contributed by atoms with van der Waals surface area (Å²) in [6.07, 6.45) is 0. The average molecular weight is 172 g/mol. The highest BCUT2D eigenvalue weighted by atomic mass is 16.2. The second-order valence-corrected chi connectivity index (χ2v) is 1.69. The Balaban J connectivity index is 0.00000121. The molecule has 0 radical (unpaired) electrons. The number of nitrogens with one attached hydrogen (secondary N) is 2. The smallest absolute Gasteiger partial charge is 0.412 e. The molecule has 12 heavy (non-hydrogen) atoms. The van der Waals surface area contributed by atoms with Gasteiger partial charge in [0, 0.05) is 0 Å². The third kappa shape index (κ3) is 1.51. The molecule has 1 fully saturated rings. The lowest BCUT2D eigenvalue weighted by Gasteiger charge is -2.05. The first-order valence-electron chi connectivity index (χ1n) is 2.54. The molecule has 1 aliphatic rings. The Morgan fingerprint density at radius 1 is 1.08 bits per heavy atom. The first-order chi connectivity index (χ1) is 5.15. The Morgan fingerprint density at radius 2 is 1.50 bits per heavy atom. The molecule has 1 heterocycles. The molecule has 0 aromatic heterocycles. The average Bonchev–Trinajstić information content (AvgIpc) is 1.85. The van der Waals surface area contributed by atoms with Crippen molar-refractivity contribution in [1.29, 1.82) is 0 Å². The first-order valence-corrected chi connectivity index (χ1v) is 2.54. The van der Waals surface area contributed by atoms with Gasteiger partial charge < -0.3 is 11.0 Å². The van der Waals surface area contributed by atoms with Gasteiger partial charge in [-0.1, -0.05) is 0 Å². The van der Waals surface area contributed by atoms with Crippen molar-refractivity contribution in [2.75, 3.05) is 0 Å². The van der Waals surface area contributed by atoms with Gasteiger partial charge in [0.25, 0.3) is 0 Å². The number of carbonyl (C=O) groups excluding carboxylic acids is 3. The highest BCUT2D eigenvalue weighted by Gasteiger charge is 2.37. The van der Waals surface area contributed by atoms with Gasteiger partial charge in [0.1, 0.15) is 0 Å². The molecule has 4 N–H and O–H groups in total. The molecule has 8 nitrogen and oxygen atoms in total. The normalized spacial score (nSPS) is 15.7. The monoisotopic (exact) mass is 172 g/mol. The van der Waals surface area contributed by atoms with Crippen LogP contribution >= 0.6 is 0 Å². The number of urea groups is 1. The van der Waals surface area contributed by atoms with E-state index < -0.39 is 23.6 Å². The van der Waals surface area contributed by atoms with Crippen molar-refractivity contribution in [3.63, 3.8) is 0 Å². The van der Waals surface area contributed by atoms with Gasteiger partial charge in [-0.3, -0.25) is 20.2 Å². The summed E-state index contributed by atoms with van der Waals surface area (Å²) in [4.78, 5) is 33.9. The lowest BCUT2D eigenvalue weighted by molar-refractivity contribution is -0.126. The Labute approximate surface area is 65.5 Å². The number of nitrogens with zero attached hydrogens (tertiary/aromatic N) is 2. The standard InChI is InChI=1S/C4H2N4O3.H2O/c5-8-1-2(9)6-4(11)7-3(1)10;/h(H2,6,7,9,10,11);1H2. The van der Waals surface area contributed by atoms with Crippen molar-refractivity contribution in [2.24, 2.45) is 0 Å². The largest absolute Gasteiger partial charge is 0.443 e. The molecule has 1 aliphatic heterocycles. The van der Waals surface area contributed by atoms with Crippen molar-refractivity contribution in [3.8, 4) is 0 Å². The van der Waals surface area contributed by atoms with Crippen LogP contribution in [0.5, 0.6) is 0 Å². The minimum atomic E-state index is -1.01. The SMILES string of the molecule is O.[N-]=[N+]=C1C(=O)NC(=O)NC1=O. The quantitative estimate of drug-likeness (QED) is 0.300. The van der Waals surface area contributed by atoms with Gasteiger partial charge in [-0.05, 0) is 0 Å². The van der Waals surface area contributed by atoms with E-state index in [1.165, 1.54) is 0 Å². The van der Waals surface area contributed by atoms with Crippen LogP contribution < -0.4 is 10.6 Å². The highest BCUT2D eigenvalue weighted by Crippen LogP contribution is 1.82. The van der Waals surface area contributed by atoms with Gasteiger partial charge in [0.2, 0.25) is 0 Å². The van der Waals surface area contributed by atoms with Crippen LogP contribution in [-0.2, 0) is 9.59 Å². The predicted molar refractivity (Wildman–Crippen MR) is 33.9 cm³/mol. The topological polar surface area (TPSA) is 143 Å². The summed E-state index contributed by atoms with van der Waals surface area (Å²) in [6.45, 7) is 0. The minimum Gasteiger partial charge on any atom is -0.412 e. The van der Waals surface area contributed by atoms with Gasteiger partial charge in [-0.15, -0.1) is 0 Å². The summed E-state index contributed by atoms with van der Waals surface area (Å²) in [5.41, 5.74) is 7.34. The van der Waals surface area contributed by atoms with Crippen molar-refractivity contribution in [3.05, 3.63) is 5.53 Å². The summed E-state index contributed by atoms with van der Waals surface area (Å²) < 4.78 is 0. The third-order valence-corrected chi connectivity index (χ3v) is 0.984. The molecule has 0 aromatic rings. The number of hydrogen-bond donors (Lipinski definition) is 2. The maximum absolute atomic E-state index is 10.6. The Morgan fingerprint density at radius 3 is 1.83 bits per heavy atom. The van der Waals surface area contributed by atoms with Crippen molar-refractivity contribution >= 4 is 23.6 Å². The van der Waals surface area contributed by atoms with E-state index in [0.717, 1.165) is 0 Å². The molecule has 0 atom stereocenters. The molecule has 1 saturated heterocycles. The molecule has 0 bridgehead atoms. The summed E-state index contributed by atoms with van der Waals surface area (Å²) in [5.74, 6) is -2.03. The molecule has 0 unspecified atom stereocenters. The summed E-state index contributed by atoms with van der Waals surface area (Å²) in [6, 6.07) is -0.924. The molecule has 0 spiro atoms. The van der Waals surface area contributed by atoms with E-state index >= 15 is 0 Å². The maximum Gasteiger partial charge on any atom is 0.443 e. The van der Waals surface area contributed by atoms with E-state index in [1.54, 1.807) is 10.6 Å². The number of carbonyl (C=O) groups is 3. The molecule has 8 heteroatoms. The summed E-state index contributed by atoms with van der Waals surface area (Å²) in [5, 5.41) is 3.42. The van der Waals surface area contributed by atoms with E-state index in [0.29, 0.717) is 0 Å². The third-order valence-electron chi connectivity index (χ3n) is 0.984. The van der Waals surface area contributed by atoms with E-state index in [2.05, 4.69) is 4.79 Å². The van der Waals surface area contributed by atoms with E-state index in [1.807, 2.05) is 0 Å². The Kier molecular flexibility index (Phi) is 2.80. The van der Waals surface area contributed by atoms with Crippen LogP contribution in [-0.4, -0.2) is 33.8 Å². The van der Waals surface area contributed by atoms with Gasteiger partial charge in [-0.25, -0.2) is 4.79 Å². The van der Waals surface area contributed by atoms with Crippen LogP contribution in [0.4, 0.5) is 4.79 Å². The molecule has 64 valence electrons. The van der Waals surface area contributed by atoms with E-state index in [9.17, 15) is 14.4 Å². The van der Waals surface area contributed by atoms with Crippen LogP contribution in [0, 0.1) is 0 Å². The number of amides is 4. The van der Waals surface area contributed by atoms with Gasteiger partial charge in [-0.2, -0.15) is 4.79 Å². The fraction of sp³-hybridized carbons (Fsp3) is 0. The summed E-state index contributed by atoms with van der Waals surface area (Å²) >= 11 is 0. The van der Waals surface area contributed by atoms with Crippen molar-refractivity contribution in [2.45, 2.75) is 0 Å². The highest BCUT2D eigenvalue weighted by molar-refractivity contribution is 6.66. The van der Waals surface area contributed by atoms with Gasteiger partial charge >= 0.3 is 23.6 Å². The van der Waals surface area contributed by atoms with Crippen LogP contribution in [0.3, 0.4) is 0 Å². The maximum atomic E-state index is 10.6. The molecule has 4 amide bonds. The number of imide groups is 2. The first kappa shape index (κ1) is 9.95. The Bertz CT molecular complexity index is 280. The lowest BCUT2D eigenvalue weighted by atomic mass is 10.3. The molecular formula is C4H4N4O4. The molecule has 1 rings (SSSR count). The van der Waals surface area contributed by atoms with Crippen LogP contribution in [0.1, 0.15) is 0 Å². The van der Waals surface area contributed by atoms with Gasteiger partial charge in [0.05, 0.1) is 0 Å². The van der Waals surface area contributed by atoms with E-state index in [-0.39, 0.29) is 5.48 Å². The van der Waals surface area contributed by atoms with Crippen LogP contribution in [0.25, 0.3) is 5.53 Å². The van der Waals surface area contributed by atoms with Crippen molar-refractivity contribution in [1.82, 2.24) is 10.6 Å². The minimum absolute atomic E-state index is 0. The Hall–Kier alpha value is -2.05. The predicted octanol–water partition coefficient (Wildman–Crippen LogP) is -2.80. The molecular weight excluding hydrogens is 168 g/mol. The van der Waals surface area contributed by atoms with Crippen LogP contribution in [0.2, 0.25) is 0 Å². The molecule has 0 aromatic carbocycles. The molecule has 0 saturated carbocycles. The summed E-state index contributed by atoms with van der Waals surface area (Å²) in [7, 11) is 0.